The van der Waals surface area contributed by atoms with Crippen LogP contribution in [0.5, 0.6) is 0 Å². The van der Waals surface area contributed by atoms with Crippen LogP contribution in [0.25, 0.3) is 0 Å². The quantitative estimate of drug-likeness (QED) is 0.799. The first-order valence-electron chi connectivity index (χ1n) is 5.75. The second-order valence-electron chi connectivity index (χ2n) is 4.22. The second kappa shape index (κ2) is 6.74. The van der Waals surface area contributed by atoms with Gasteiger partial charge in [0.1, 0.15) is 0 Å². The monoisotopic (exact) mass is 255 g/mol. The predicted molar refractivity (Wildman–Crippen MR) is 72.0 cm³/mol. The molecule has 1 aromatic heterocycles. The van der Waals surface area contributed by atoms with E-state index < -0.39 is 0 Å². The molecule has 0 aliphatic carbocycles. The smallest absolute Gasteiger partial charge is 0.223 e. The number of likely N-dealkylation sites (N-methyl/N-ethyl adjacent to an activating group) is 1. The van der Waals surface area contributed by atoms with Gasteiger partial charge >= 0.3 is 0 Å². The third-order valence-corrected chi connectivity index (χ3v) is 3.86. The van der Waals surface area contributed by atoms with Crippen molar-refractivity contribution in [2.75, 3.05) is 27.2 Å². The van der Waals surface area contributed by atoms with Crippen molar-refractivity contribution in [1.29, 1.82) is 0 Å². The molecule has 5 heteroatoms. The fourth-order valence-electron chi connectivity index (χ4n) is 1.88. The molecule has 0 spiro atoms. The van der Waals surface area contributed by atoms with Gasteiger partial charge in [0.2, 0.25) is 5.91 Å². The van der Waals surface area contributed by atoms with Gasteiger partial charge in [-0.2, -0.15) is 0 Å². The second-order valence-corrected chi connectivity index (χ2v) is 5.20. The van der Waals surface area contributed by atoms with Gasteiger partial charge in [-0.3, -0.25) is 9.69 Å². The van der Waals surface area contributed by atoms with Gasteiger partial charge in [0.05, 0.1) is 6.04 Å². The van der Waals surface area contributed by atoms with Crippen molar-refractivity contribution < 1.29 is 4.79 Å². The lowest BCUT2D eigenvalue weighted by atomic mass is 10.1. The Labute approximate surface area is 107 Å². The first-order chi connectivity index (χ1) is 8.10. The zero-order valence-corrected chi connectivity index (χ0v) is 11.5. The van der Waals surface area contributed by atoms with E-state index in [1.165, 1.54) is 4.88 Å². The normalized spacial score (nSPS) is 14.6. The Bertz CT molecular complexity index is 340. The molecule has 4 nitrogen and oxygen atoms in total. The Kier molecular flexibility index (Phi) is 5.61. The number of hydrogen-bond acceptors (Lipinski definition) is 4. The van der Waals surface area contributed by atoms with E-state index >= 15 is 0 Å². The standard InChI is InChI=1S/C12H21N3OS/c1-9(12(16)14-2)8-15(3)10(7-13)11-5-4-6-17-11/h4-6,9-10H,7-8,13H2,1-3H3,(H,14,16). The van der Waals surface area contributed by atoms with Gasteiger partial charge in [0, 0.05) is 30.9 Å². The minimum Gasteiger partial charge on any atom is -0.359 e. The zero-order valence-electron chi connectivity index (χ0n) is 10.6. The molecule has 1 rings (SSSR count). The summed E-state index contributed by atoms with van der Waals surface area (Å²) in [4.78, 5) is 14.9. The Morgan fingerprint density at radius 2 is 2.35 bits per heavy atom. The van der Waals surface area contributed by atoms with Crippen molar-refractivity contribution in [3.63, 3.8) is 0 Å². The predicted octanol–water partition coefficient (Wildman–Crippen LogP) is 1.06. The molecule has 0 bridgehead atoms. The third kappa shape index (κ3) is 3.80. The van der Waals surface area contributed by atoms with Gasteiger partial charge in [-0.05, 0) is 18.5 Å². The summed E-state index contributed by atoms with van der Waals surface area (Å²) >= 11 is 1.70. The Morgan fingerprint density at radius 3 is 2.82 bits per heavy atom. The number of rotatable bonds is 6. The number of amides is 1. The van der Waals surface area contributed by atoms with E-state index in [2.05, 4.69) is 16.3 Å². The molecule has 17 heavy (non-hydrogen) atoms. The number of nitrogens with one attached hydrogen (secondary N) is 1. The molecule has 96 valence electrons. The summed E-state index contributed by atoms with van der Waals surface area (Å²) in [7, 11) is 3.68. The number of hydrogen-bond donors (Lipinski definition) is 2. The molecule has 0 aliphatic heterocycles. The van der Waals surface area contributed by atoms with Crippen LogP contribution in [0.3, 0.4) is 0 Å². The average molecular weight is 255 g/mol. The van der Waals surface area contributed by atoms with Gasteiger partial charge in [-0.15, -0.1) is 11.3 Å². The summed E-state index contributed by atoms with van der Waals surface area (Å²) in [5.41, 5.74) is 5.81. The van der Waals surface area contributed by atoms with E-state index in [1.54, 1.807) is 18.4 Å². The van der Waals surface area contributed by atoms with Crippen LogP contribution in [-0.2, 0) is 4.79 Å². The van der Waals surface area contributed by atoms with E-state index in [4.69, 9.17) is 5.73 Å². The lowest BCUT2D eigenvalue weighted by Gasteiger charge is -2.28. The topological polar surface area (TPSA) is 58.4 Å². The maximum absolute atomic E-state index is 11.5. The number of carbonyl (C=O) groups excluding carboxylic acids is 1. The van der Waals surface area contributed by atoms with Crippen LogP contribution >= 0.6 is 11.3 Å². The number of thiophene rings is 1. The highest BCUT2D eigenvalue weighted by Gasteiger charge is 2.20. The molecule has 3 N–H and O–H groups in total. The molecule has 1 aromatic rings. The molecular weight excluding hydrogens is 234 g/mol. The summed E-state index contributed by atoms with van der Waals surface area (Å²) < 4.78 is 0. The van der Waals surface area contributed by atoms with Crippen LogP contribution in [-0.4, -0.2) is 38.0 Å². The molecule has 1 amide bonds. The van der Waals surface area contributed by atoms with E-state index in [1.807, 2.05) is 25.4 Å². The van der Waals surface area contributed by atoms with Crippen molar-refractivity contribution in [2.24, 2.45) is 11.7 Å². The summed E-state index contributed by atoms with van der Waals surface area (Å²) in [6, 6.07) is 4.31. The van der Waals surface area contributed by atoms with Gasteiger partial charge in [-0.25, -0.2) is 0 Å². The molecule has 0 fully saturated rings. The Morgan fingerprint density at radius 1 is 1.65 bits per heavy atom. The first kappa shape index (κ1) is 14.2. The van der Waals surface area contributed by atoms with Crippen LogP contribution < -0.4 is 11.1 Å². The van der Waals surface area contributed by atoms with E-state index in [0.29, 0.717) is 13.1 Å². The van der Waals surface area contributed by atoms with Crippen LogP contribution in [0.1, 0.15) is 17.8 Å². The van der Waals surface area contributed by atoms with Crippen LogP contribution in [0.15, 0.2) is 17.5 Å². The highest BCUT2D eigenvalue weighted by molar-refractivity contribution is 7.10. The number of nitrogens with zero attached hydrogens (tertiary/aromatic N) is 1. The van der Waals surface area contributed by atoms with E-state index in [9.17, 15) is 4.79 Å². The fraction of sp³-hybridized carbons (Fsp3) is 0.583. The van der Waals surface area contributed by atoms with Gasteiger partial charge in [-0.1, -0.05) is 13.0 Å². The van der Waals surface area contributed by atoms with Crippen molar-refractivity contribution in [2.45, 2.75) is 13.0 Å². The number of nitrogens with two attached hydrogens (primary N) is 1. The van der Waals surface area contributed by atoms with Crippen LogP contribution in [0, 0.1) is 5.92 Å². The molecule has 0 aromatic carbocycles. The van der Waals surface area contributed by atoms with E-state index in [0.717, 1.165) is 0 Å². The molecule has 1 heterocycles. The highest BCUT2D eigenvalue weighted by Crippen LogP contribution is 2.23. The SMILES string of the molecule is CNC(=O)C(C)CN(C)C(CN)c1cccs1. The Hall–Kier alpha value is -0.910. The third-order valence-electron chi connectivity index (χ3n) is 2.88. The lowest BCUT2D eigenvalue weighted by Crippen LogP contribution is -2.38. The summed E-state index contributed by atoms with van der Waals surface area (Å²) in [5, 5.41) is 4.72. The van der Waals surface area contributed by atoms with E-state index in [-0.39, 0.29) is 17.9 Å². The summed E-state index contributed by atoms with van der Waals surface area (Å²) in [6.07, 6.45) is 0. The van der Waals surface area contributed by atoms with Crippen molar-refractivity contribution in [3.05, 3.63) is 22.4 Å². The Balaban J connectivity index is 2.61. The van der Waals surface area contributed by atoms with Crippen molar-refractivity contribution in [1.82, 2.24) is 10.2 Å². The van der Waals surface area contributed by atoms with Gasteiger partial charge in [0.15, 0.2) is 0 Å². The fourth-order valence-corrected chi connectivity index (χ4v) is 2.79. The molecular formula is C12H21N3OS. The minimum atomic E-state index is -0.0287. The zero-order chi connectivity index (χ0) is 12.8. The molecule has 0 aliphatic rings. The largest absolute Gasteiger partial charge is 0.359 e. The molecule has 0 radical (unpaired) electrons. The number of carbonyl (C=O) groups is 1. The van der Waals surface area contributed by atoms with Crippen molar-refractivity contribution >= 4 is 17.2 Å². The molecule has 2 unspecified atom stereocenters. The molecule has 0 saturated heterocycles. The highest BCUT2D eigenvalue weighted by atomic mass is 32.1. The van der Waals surface area contributed by atoms with Gasteiger partial charge in [0.25, 0.3) is 0 Å². The summed E-state index contributed by atoms with van der Waals surface area (Å²) in [5.74, 6) is 0.0396. The molecule has 2 atom stereocenters. The van der Waals surface area contributed by atoms with Crippen LogP contribution in [0.4, 0.5) is 0 Å². The maximum Gasteiger partial charge on any atom is 0.223 e. The van der Waals surface area contributed by atoms with Crippen molar-refractivity contribution in [3.8, 4) is 0 Å². The average Bonchev–Trinajstić information content (AvgIpc) is 2.82. The summed E-state index contributed by atoms with van der Waals surface area (Å²) in [6.45, 7) is 3.20. The molecule has 0 saturated carbocycles. The minimum absolute atomic E-state index is 0.0287. The lowest BCUT2D eigenvalue weighted by molar-refractivity contribution is -0.124. The van der Waals surface area contributed by atoms with Gasteiger partial charge < -0.3 is 11.1 Å². The maximum atomic E-state index is 11.5. The van der Waals surface area contributed by atoms with Crippen LogP contribution in [0.2, 0.25) is 0 Å². The first-order valence-corrected chi connectivity index (χ1v) is 6.63.